The third-order valence-corrected chi connectivity index (χ3v) is 3.19. The van der Waals surface area contributed by atoms with Crippen LogP contribution >= 0.6 is 0 Å². The van der Waals surface area contributed by atoms with Crippen LogP contribution in [0.4, 0.5) is 10.5 Å². The van der Waals surface area contributed by atoms with Gasteiger partial charge in [-0.05, 0) is 53.7 Å². The number of nitro benzene ring substituents is 1. The van der Waals surface area contributed by atoms with Gasteiger partial charge in [0.25, 0.3) is 5.69 Å². The van der Waals surface area contributed by atoms with Crippen LogP contribution in [0.5, 0.6) is 5.75 Å². The first-order valence-electron chi connectivity index (χ1n) is 7.90. The number of hydrogen-bond acceptors (Lipinski definition) is 6. The Hall–Kier alpha value is -2.64. The van der Waals surface area contributed by atoms with Gasteiger partial charge in [0, 0.05) is 18.2 Å². The second-order valence-corrected chi connectivity index (χ2v) is 6.83. The Labute approximate surface area is 146 Å². The Bertz CT molecular complexity index is 634. The van der Waals surface area contributed by atoms with Gasteiger partial charge in [-0.3, -0.25) is 15.0 Å². The van der Waals surface area contributed by atoms with Crippen molar-refractivity contribution in [1.82, 2.24) is 4.90 Å². The molecule has 0 aliphatic carbocycles. The van der Waals surface area contributed by atoms with Gasteiger partial charge >= 0.3 is 12.1 Å². The number of non-ortho nitro benzene ring substituents is 1. The maximum atomic E-state index is 12.3. The molecule has 1 atom stereocenters. The van der Waals surface area contributed by atoms with Gasteiger partial charge in [0.05, 0.1) is 4.92 Å². The lowest BCUT2D eigenvalue weighted by atomic mass is 10.2. The SMILES string of the molecule is CC(C)N(C(=O)OC(C)(C)C)C(C)C(=O)Oc1ccc([N+](=O)[O-])cc1. The van der Waals surface area contributed by atoms with Crippen LogP contribution in [0.3, 0.4) is 0 Å². The van der Waals surface area contributed by atoms with E-state index < -0.39 is 28.6 Å². The van der Waals surface area contributed by atoms with Gasteiger partial charge in [0.15, 0.2) is 0 Å². The van der Waals surface area contributed by atoms with Crippen molar-refractivity contribution in [2.45, 2.75) is 59.2 Å². The highest BCUT2D eigenvalue weighted by Crippen LogP contribution is 2.20. The number of carbonyl (C=O) groups is 2. The number of rotatable bonds is 5. The second kappa shape index (κ2) is 7.96. The first-order chi connectivity index (χ1) is 11.4. The minimum absolute atomic E-state index is 0.106. The highest BCUT2D eigenvalue weighted by atomic mass is 16.6. The van der Waals surface area contributed by atoms with E-state index in [1.807, 2.05) is 0 Å². The topological polar surface area (TPSA) is 99.0 Å². The van der Waals surface area contributed by atoms with Crippen LogP contribution in [-0.4, -0.2) is 39.6 Å². The molecule has 1 unspecified atom stereocenters. The first kappa shape index (κ1) is 20.4. The molecular weight excluding hydrogens is 328 g/mol. The fraction of sp³-hybridized carbons (Fsp3) is 0.529. The molecule has 0 aliphatic heterocycles. The summed E-state index contributed by atoms with van der Waals surface area (Å²) in [4.78, 5) is 36.1. The Kier molecular flexibility index (Phi) is 6.49. The Balaban J connectivity index is 2.86. The van der Waals surface area contributed by atoms with Gasteiger partial charge in [0.2, 0.25) is 0 Å². The number of carbonyl (C=O) groups excluding carboxylic acids is 2. The molecule has 0 aromatic heterocycles. The number of amides is 1. The molecule has 1 aromatic carbocycles. The quantitative estimate of drug-likeness (QED) is 0.348. The van der Waals surface area contributed by atoms with E-state index in [1.54, 1.807) is 34.6 Å². The zero-order valence-corrected chi connectivity index (χ0v) is 15.3. The van der Waals surface area contributed by atoms with Gasteiger partial charge in [0.1, 0.15) is 17.4 Å². The van der Waals surface area contributed by atoms with Crippen molar-refractivity contribution in [3.05, 3.63) is 34.4 Å². The van der Waals surface area contributed by atoms with Gasteiger partial charge in [-0.25, -0.2) is 9.59 Å². The summed E-state index contributed by atoms with van der Waals surface area (Å²) >= 11 is 0. The monoisotopic (exact) mass is 352 g/mol. The highest BCUT2D eigenvalue weighted by Gasteiger charge is 2.33. The van der Waals surface area contributed by atoms with E-state index in [0.29, 0.717) is 0 Å². The minimum atomic E-state index is -0.884. The van der Waals surface area contributed by atoms with Crippen molar-refractivity contribution in [2.75, 3.05) is 0 Å². The van der Waals surface area contributed by atoms with Crippen molar-refractivity contribution in [3.8, 4) is 5.75 Å². The van der Waals surface area contributed by atoms with Gasteiger partial charge < -0.3 is 9.47 Å². The summed E-state index contributed by atoms with van der Waals surface area (Å²) < 4.78 is 10.5. The van der Waals surface area contributed by atoms with E-state index in [2.05, 4.69) is 0 Å². The second-order valence-electron chi connectivity index (χ2n) is 6.83. The molecule has 25 heavy (non-hydrogen) atoms. The average Bonchev–Trinajstić information content (AvgIpc) is 2.45. The molecule has 0 N–H and O–H groups in total. The molecule has 0 spiro atoms. The van der Waals surface area contributed by atoms with Crippen molar-refractivity contribution in [3.63, 3.8) is 0 Å². The molecule has 0 saturated heterocycles. The predicted molar refractivity (Wildman–Crippen MR) is 91.4 cm³/mol. The normalized spacial score (nSPS) is 12.4. The number of ether oxygens (including phenoxy) is 2. The maximum Gasteiger partial charge on any atom is 0.411 e. The summed E-state index contributed by atoms with van der Waals surface area (Å²) in [5, 5.41) is 10.6. The number of hydrogen-bond donors (Lipinski definition) is 0. The van der Waals surface area contributed by atoms with Crippen LogP contribution in [0.2, 0.25) is 0 Å². The Morgan fingerprint density at radius 1 is 1.12 bits per heavy atom. The fourth-order valence-electron chi connectivity index (χ4n) is 2.08. The summed E-state index contributed by atoms with van der Waals surface area (Å²) in [6.07, 6.45) is -0.615. The zero-order chi connectivity index (χ0) is 19.4. The van der Waals surface area contributed by atoms with E-state index >= 15 is 0 Å². The van der Waals surface area contributed by atoms with Crippen LogP contribution in [-0.2, 0) is 9.53 Å². The average molecular weight is 352 g/mol. The van der Waals surface area contributed by atoms with Gasteiger partial charge in [-0.15, -0.1) is 0 Å². The van der Waals surface area contributed by atoms with Crippen molar-refractivity contribution >= 4 is 17.7 Å². The number of nitro groups is 1. The van der Waals surface area contributed by atoms with Crippen LogP contribution in [0, 0.1) is 10.1 Å². The molecule has 0 saturated carbocycles. The smallest absolute Gasteiger partial charge is 0.411 e. The molecule has 0 bridgehead atoms. The Morgan fingerprint density at radius 2 is 1.64 bits per heavy atom. The van der Waals surface area contributed by atoms with E-state index in [4.69, 9.17) is 9.47 Å². The maximum absolute atomic E-state index is 12.3. The van der Waals surface area contributed by atoms with E-state index in [0.717, 1.165) is 0 Å². The summed E-state index contributed by atoms with van der Waals surface area (Å²) in [6, 6.07) is 3.97. The predicted octanol–water partition coefficient (Wildman–Crippen LogP) is 3.53. The molecule has 0 fully saturated rings. The van der Waals surface area contributed by atoms with E-state index in [-0.39, 0.29) is 17.5 Å². The molecule has 1 aromatic rings. The molecule has 0 aliphatic rings. The van der Waals surface area contributed by atoms with Gasteiger partial charge in [-0.1, -0.05) is 0 Å². The lowest BCUT2D eigenvalue weighted by molar-refractivity contribution is -0.384. The largest absolute Gasteiger partial charge is 0.444 e. The molecule has 0 radical (unpaired) electrons. The van der Waals surface area contributed by atoms with Gasteiger partial charge in [-0.2, -0.15) is 0 Å². The standard InChI is InChI=1S/C17H24N2O6/c1-11(2)18(16(21)25-17(4,5)6)12(3)15(20)24-14-9-7-13(8-10-14)19(22)23/h7-12H,1-6H3. The van der Waals surface area contributed by atoms with E-state index in [9.17, 15) is 19.7 Å². The van der Waals surface area contributed by atoms with Crippen molar-refractivity contribution < 1.29 is 24.0 Å². The molecule has 1 amide bonds. The number of benzene rings is 1. The van der Waals surface area contributed by atoms with Crippen molar-refractivity contribution in [2.24, 2.45) is 0 Å². The summed E-state index contributed by atoms with van der Waals surface area (Å²) in [5.41, 5.74) is -0.794. The molecule has 0 heterocycles. The minimum Gasteiger partial charge on any atom is -0.444 e. The van der Waals surface area contributed by atoms with Crippen LogP contribution in [0.15, 0.2) is 24.3 Å². The molecule has 8 heteroatoms. The molecule has 1 rings (SSSR count). The summed E-state index contributed by atoms with van der Waals surface area (Å²) in [7, 11) is 0. The number of nitrogens with zero attached hydrogens (tertiary/aromatic N) is 2. The Morgan fingerprint density at radius 3 is 2.04 bits per heavy atom. The third kappa shape index (κ3) is 6.06. The van der Waals surface area contributed by atoms with Crippen molar-refractivity contribution in [1.29, 1.82) is 0 Å². The van der Waals surface area contributed by atoms with Crippen LogP contribution < -0.4 is 4.74 Å². The van der Waals surface area contributed by atoms with E-state index in [1.165, 1.54) is 36.1 Å². The first-order valence-corrected chi connectivity index (χ1v) is 7.90. The lowest BCUT2D eigenvalue weighted by Gasteiger charge is -2.33. The van der Waals surface area contributed by atoms with Crippen LogP contribution in [0.25, 0.3) is 0 Å². The molecule has 8 nitrogen and oxygen atoms in total. The lowest BCUT2D eigenvalue weighted by Crippen LogP contribution is -2.50. The van der Waals surface area contributed by atoms with Crippen LogP contribution in [0.1, 0.15) is 41.5 Å². The molecule has 138 valence electrons. The zero-order valence-electron chi connectivity index (χ0n) is 15.3. The third-order valence-electron chi connectivity index (χ3n) is 3.19. The number of esters is 1. The summed E-state index contributed by atoms with van der Waals surface area (Å²) in [6.45, 7) is 10.3. The fourth-order valence-corrected chi connectivity index (χ4v) is 2.08. The summed E-state index contributed by atoms with van der Waals surface area (Å²) in [5.74, 6) is -0.497. The molecular formula is C17H24N2O6. The highest BCUT2D eigenvalue weighted by molar-refractivity contribution is 5.83.